The van der Waals surface area contributed by atoms with Crippen molar-refractivity contribution in [3.63, 3.8) is 0 Å². The number of carbonyl (C=O) groups excluding carboxylic acids is 1. The molecule has 3 rings (SSSR count). The van der Waals surface area contributed by atoms with E-state index in [-0.39, 0.29) is 16.9 Å². The molecular weight excluding hydrogens is 340 g/mol. The minimum Gasteiger partial charge on any atom is -0.376 e. The molecule has 0 spiro atoms. The lowest BCUT2D eigenvalue weighted by molar-refractivity contribution is 0.0102. The maximum Gasteiger partial charge on any atom is 0.255 e. The first kappa shape index (κ1) is 17.6. The van der Waals surface area contributed by atoms with Crippen LogP contribution < -0.4 is 5.32 Å². The van der Waals surface area contributed by atoms with Crippen molar-refractivity contribution in [2.75, 3.05) is 25.0 Å². The molecular formula is C18H20N2O4S. The fourth-order valence-corrected chi connectivity index (χ4v) is 4.22. The van der Waals surface area contributed by atoms with Crippen LogP contribution in [-0.2, 0) is 14.8 Å². The van der Waals surface area contributed by atoms with Gasteiger partial charge in [0.05, 0.1) is 17.6 Å². The molecule has 0 saturated carbocycles. The van der Waals surface area contributed by atoms with Crippen LogP contribution in [-0.4, -0.2) is 44.4 Å². The number of para-hydroxylation sites is 1. The molecule has 1 unspecified atom stereocenters. The van der Waals surface area contributed by atoms with Gasteiger partial charge in [0.25, 0.3) is 5.91 Å². The Morgan fingerprint density at radius 2 is 1.92 bits per heavy atom. The molecule has 1 heterocycles. The van der Waals surface area contributed by atoms with E-state index in [2.05, 4.69) is 5.32 Å². The molecule has 0 aliphatic carbocycles. The molecule has 2 aromatic rings. The Hall–Kier alpha value is -2.22. The number of benzene rings is 2. The number of amides is 1. The zero-order chi connectivity index (χ0) is 17.9. The molecule has 25 heavy (non-hydrogen) atoms. The maximum atomic E-state index is 12.8. The van der Waals surface area contributed by atoms with Crippen LogP contribution in [0.25, 0.3) is 0 Å². The summed E-state index contributed by atoms with van der Waals surface area (Å²) >= 11 is 0. The van der Waals surface area contributed by atoms with E-state index in [9.17, 15) is 13.2 Å². The van der Waals surface area contributed by atoms with Crippen molar-refractivity contribution >= 4 is 21.6 Å². The van der Waals surface area contributed by atoms with Crippen molar-refractivity contribution in [2.45, 2.75) is 17.9 Å². The molecule has 1 fully saturated rings. The van der Waals surface area contributed by atoms with Gasteiger partial charge in [-0.2, -0.15) is 4.31 Å². The van der Waals surface area contributed by atoms with Gasteiger partial charge < -0.3 is 10.1 Å². The van der Waals surface area contributed by atoms with Gasteiger partial charge in [-0.3, -0.25) is 4.79 Å². The second kappa shape index (κ2) is 7.35. The normalized spacial score (nSPS) is 18.7. The summed E-state index contributed by atoms with van der Waals surface area (Å²) in [5.74, 6) is -0.349. The number of morpholine rings is 1. The van der Waals surface area contributed by atoms with Crippen LogP contribution in [0.5, 0.6) is 0 Å². The highest BCUT2D eigenvalue weighted by Crippen LogP contribution is 2.20. The fourth-order valence-electron chi connectivity index (χ4n) is 2.68. The van der Waals surface area contributed by atoms with Gasteiger partial charge in [0, 0.05) is 24.3 Å². The Kier molecular flexibility index (Phi) is 5.17. The third kappa shape index (κ3) is 4.07. The van der Waals surface area contributed by atoms with E-state index >= 15 is 0 Å². The van der Waals surface area contributed by atoms with Crippen molar-refractivity contribution in [1.82, 2.24) is 4.31 Å². The SMILES string of the molecule is CC1CN(S(=O)(=O)c2cccc(C(=O)Nc3ccccc3)c2)CCO1. The number of hydrogen-bond donors (Lipinski definition) is 1. The smallest absolute Gasteiger partial charge is 0.255 e. The Labute approximate surface area is 147 Å². The number of sulfonamides is 1. The number of hydrogen-bond acceptors (Lipinski definition) is 4. The Morgan fingerprint density at radius 1 is 1.16 bits per heavy atom. The van der Waals surface area contributed by atoms with E-state index in [0.29, 0.717) is 30.9 Å². The molecule has 0 radical (unpaired) electrons. The average Bonchev–Trinajstić information content (AvgIpc) is 2.62. The summed E-state index contributed by atoms with van der Waals surface area (Å²) in [5.41, 5.74) is 0.953. The first-order valence-electron chi connectivity index (χ1n) is 8.05. The predicted molar refractivity (Wildman–Crippen MR) is 95.0 cm³/mol. The number of ether oxygens (including phenoxy) is 1. The van der Waals surface area contributed by atoms with Gasteiger partial charge in [-0.25, -0.2) is 8.42 Å². The molecule has 0 aromatic heterocycles. The summed E-state index contributed by atoms with van der Waals surface area (Å²) in [6.45, 7) is 2.83. The molecule has 1 aliphatic heterocycles. The van der Waals surface area contributed by atoms with Gasteiger partial charge >= 0.3 is 0 Å². The largest absolute Gasteiger partial charge is 0.376 e. The second-order valence-corrected chi connectivity index (χ2v) is 7.83. The average molecular weight is 360 g/mol. The monoisotopic (exact) mass is 360 g/mol. The first-order chi connectivity index (χ1) is 12.0. The molecule has 6 nitrogen and oxygen atoms in total. The summed E-state index contributed by atoms with van der Waals surface area (Å²) in [6, 6.07) is 15.1. The fraction of sp³-hybridized carbons (Fsp3) is 0.278. The van der Waals surface area contributed by atoms with E-state index < -0.39 is 10.0 Å². The Bertz CT molecular complexity index is 852. The van der Waals surface area contributed by atoms with Crippen molar-refractivity contribution in [1.29, 1.82) is 0 Å². The molecule has 2 aromatic carbocycles. The second-order valence-electron chi connectivity index (χ2n) is 5.89. The molecule has 132 valence electrons. The van der Waals surface area contributed by atoms with Crippen molar-refractivity contribution in [2.24, 2.45) is 0 Å². The van der Waals surface area contributed by atoms with Gasteiger partial charge in [0.15, 0.2) is 0 Å². The van der Waals surface area contributed by atoms with Crippen LogP contribution >= 0.6 is 0 Å². The first-order valence-corrected chi connectivity index (χ1v) is 9.49. The van der Waals surface area contributed by atoms with Crippen molar-refractivity contribution in [3.8, 4) is 0 Å². The molecule has 1 atom stereocenters. The topological polar surface area (TPSA) is 75.7 Å². The molecule has 0 bridgehead atoms. The lowest BCUT2D eigenvalue weighted by Gasteiger charge is -2.30. The molecule has 1 N–H and O–H groups in total. The minimum absolute atomic E-state index is 0.113. The maximum absolute atomic E-state index is 12.8. The summed E-state index contributed by atoms with van der Waals surface area (Å²) < 4.78 is 32.4. The Balaban J connectivity index is 1.82. The van der Waals surface area contributed by atoms with Crippen molar-refractivity contribution < 1.29 is 17.9 Å². The quantitative estimate of drug-likeness (QED) is 0.908. The lowest BCUT2D eigenvalue weighted by Crippen LogP contribution is -2.44. The zero-order valence-corrected chi connectivity index (χ0v) is 14.7. The van der Waals surface area contributed by atoms with E-state index in [1.54, 1.807) is 24.3 Å². The Morgan fingerprint density at radius 3 is 2.64 bits per heavy atom. The van der Waals surface area contributed by atoms with Gasteiger partial charge in [-0.1, -0.05) is 24.3 Å². The third-order valence-corrected chi connectivity index (χ3v) is 5.83. The van der Waals surface area contributed by atoms with E-state index in [4.69, 9.17) is 4.74 Å². The summed E-state index contributed by atoms with van der Waals surface area (Å²) in [5, 5.41) is 2.76. The van der Waals surface area contributed by atoms with E-state index in [0.717, 1.165) is 0 Å². The summed E-state index contributed by atoms with van der Waals surface area (Å²) in [7, 11) is -3.65. The number of carbonyl (C=O) groups is 1. The zero-order valence-electron chi connectivity index (χ0n) is 13.9. The van der Waals surface area contributed by atoms with E-state index in [1.807, 2.05) is 25.1 Å². The van der Waals surface area contributed by atoms with Gasteiger partial charge in [-0.15, -0.1) is 0 Å². The van der Waals surface area contributed by atoms with Gasteiger partial charge in [0.2, 0.25) is 10.0 Å². The highest BCUT2D eigenvalue weighted by atomic mass is 32.2. The molecule has 7 heteroatoms. The van der Waals surface area contributed by atoms with Crippen LogP contribution in [0.2, 0.25) is 0 Å². The molecule has 1 aliphatic rings. The molecule has 1 amide bonds. The standard InChI is InChI=1S/C18H20N2O4S/c1-14-13-20(10-11-24-14)25(22,23)17-9-5-6-15(12-17)18(21)19-16-7-3-2-4-8-16/h2-9,12,14H,10-11,13H2,1H3,(H,19,21). The van der Waals surface area contributed by atoms with Crippen LogP contribution in [0.3, 0.4) is 0 Å². The highest BCUT2D eigenvalue weighted by molar-refractivity contribution is 7.89. The summed E-state index contributed by atoms with van der Waals surface area (Å²) in [6.07, 6.45) is -0.145. The molecule has 1 saturated heterocycles. The van der Waals surface area contributed by atoms with Crippen molar-refractivity contribution in [3.05, 3.63) is 60.2 Å². The van der Waals surface area contributed by atoms with Gasteiger partial charge in [0.1, 0.15) is 0 Å². The number of anilines is 1. The highest BCUT2D eigenvalue weighted by Gasteiger charge is 2.29. The van der Waals surface area contributed by atoms with Crippen LogP contribution in [0.4, 0.5) is 5.69 Å². The van der Waals surface area contributed by atoms with Crippen LogP contribution in [0.15, 0.2) is 59.5 Å². The van der Waals surface area contributed by atoms with Gasteiger partial charge in [-0.05, 0) is 37.3 Å². The number of rotatable bonds is 4. The predicted octanol–water partition coefficient (Wildman–Crippen LogP) is 2.35. The minimum atomic E-state index is -3.65. The lowest BCUT2D eigenvalue weighted by atomic mass is 10.2. The van der Waals surface area contributed by atoms with Crippen LogP contribution in [0, 0.1) is 0 Å². The van der Waals surface area contributed by atoms with E-state index in [1.165, 1.54) is 16.4 Å². The number of nitrogens with one attached hydrogen (secondary N) is 1. The third-order valence-electron chi connectivity index (χ3n) is 3.97. The van der Waals surface area contributed by atoms with Crippen LogP contribution in [0.1, 0.15) is 17.3 Å². The number of nitrogens with zero attached hydrogens (tertiary/aromatic N) is 1. The summed E-state index contributed by atoms with van der Waals surface area (Å²) in [4.78, 5) is 12.5.